The lowest BCUT2D eigenvalue weighted by molar-refractivity contribution is -0.913. The second-order valence-electron chi connectivity index (χ2n) is 7.86. The van der Waals surface area contributed by atoms with E-state index >= 15 is 0 Å². The van der Waals surface area contributed by atoms with Crippen LogP contribution in [0.25, 0.3) is 0 Å². The van der Waals surface area contributed by atoms with Gasteiger partial charge in [0.15, 0.2) is 6.67 Å². The van der Waals surface area contributed by atoms with Crippen LogP contribution in [0.4, 0.5) is 4.79 Å². The Balaban J connectivity index is 1.88. The van der Waals surface area contributed by atoms with Gasteiger partial charge in [0.25, 0.3) is 5.91 Å². The molecule has 2 fully saturated rings. The number of nitrogens with one attached hydrogen (secondary N) is 2. The summed E-state index contributed by atoms with van der Waals surface area (Å²) in [4.78, 5) is 39.3. The van der Waals surface area contributed by atoms with Crippen LogP contribution < -0.4 is 10.2 Å². The van der Waals surface area contributed by atoms with Gasteiger partial charge in [0, 0.05) is 12.8 Å². The molecule has 0 aromatic heterocycles. The lowest BCUT2D eigenvalue weighted by atomic mass is 9.92. The lowest BCUT2D eigenvalue weighted by Gasteiger charge is -2.30. The highest BCUT2D eigenvalue weighted by Crippen LogP contribution is 2.24. The van der Waals surface area contributed by atoms with Crippen LogP contribution in [-0.4, -0.2) is 54.7 Å². The van der Waals surface area contributed by atoms with Crippen LogP contribution in [0, 0.1) is 11.8 Å². The summed E-state index contributed by atoms with van der Waals surface area (Å²) in [5.41, 5.74) is -0.788. The van der Waals surface area contributed by atoms with Crippen LogP contribution in [0.1, 0.15) is 53.4 Å². The summed E-state index contributed by atoms with van der Waals surface area (Å²) in [5, 5.41) is 2.87. The maximum absolute atomic E-state index is 12.7. The van der Waals surface area contributed by atoms with Crippen LogP contribution in [0.2, 0.25) is 0 Å². The zero-order valence-corrected chi connectivity index (χ0v) is 15.9. The molecule has 2 heterocycles. The van der Waals surface area contributed by atoms with Crippen molar-refractivity contribution in [2.45, 2.75) is 58.9 Å². The first kappa shape index (κ1) is 19.7. The van der Waals surface area contributed by atoms with E-state index in [1.165, 1.54) is 4.90 Å². The maximum atomic E-state index is 12.7. The Labute approximate surface area is 150 Å². The molecule has 0 radical (unpaired) electrons. The zero-order valence-electron chi connectivity index (χ0n) is 15.9. The highest BCUT2D eigenvalue weighted by Gasteiger charge is 2.48. The molecule has 25 heavy (non-hydrogen) atoms. The Bertz CT molecular complexity index is 514. The smallest absolute Gasteiger partial charge is 0.329 e. The molecule has 0 aliphatic carbocycles. The Morgan fingerprint density at radius 2 is 2.00 bits per heavy atom. The monoisotopic (exact) mass is 354 g/mol. The van der Waals surface area contributed by atoms with Gasteiger partial charge in [-0.2, -0.15) is 0 Å². The molecule has 7 heteroatoms. The fraction of sp³-hybridized carbons (Fsp3) is 0.833. The predicted octanol–water partition coefficient (Wildman–Crippen LogP) is 0.549. The topological polar surface area (TPSA) is 80.2 Å². The third-order valence-electron chi connectivity index (χ3n) is 5.26. The standard InChI is InChI=1S/C18H31N3O4/c1-5-25-15(22)14-7-10-20(11-8-14)12-21-16(23)18(4,19-17(21)24)9-6-13(2)3/h13-14H,5-12H2,1-4H3,(H,19,24)/p+1/t18-/m0/s1. The molecule has 0 spiro atoms. The summed E-state index contributed by atoms with van der Waals surface area (Å²) in [5.74, 6) is 0.183. The molecule has 142 valence electrons. The van der Waals surface area contributed by atoms with Gasteiger partial charge in [0.1, 0.15) is 5.54 Å². The largest absolute Gasteiger partial charge is 0.466 e. The van der Waals surface area contributed by atoms with Crippen molar-refractivity contribution in [1.82, 2.24) is 10.2 Å². The number of rotatable bonds is 7. The molecule has 2 N–H and O–H groups in total. The van der Waals surface area contributed by atoms with E-state index in [1.807, 2.05) is 13.8 Å². The Kier molecular flexibility index (Phi) is 6.43. The maximum Gasteiger partial charge on any atom is 0.329 e. The molecule has 3 amide bonds. The number of esters is 1. The minimum atomic E-state index is -0.788. The van der Waals surface area contributed by atoms with Gasteiger partial charge in [-0.05, 0) is 32.6 Å². The van der Waals surface area contributed by atoms with E-state index in [9.17, 15) is 14.4 Å². The normalized spacial score (nSPS) is 29.9. The van der Waals surface area contributed by atoms with Gasteiger partial charge >= 0.3 is 12.0 Å². The van der Waals surface area contributed by atoms with Gasteiger partial charge in [-0.15, -0.1) is 0 Å². The number of imide groups is 1. The van der Waals surface area contributed by atoms with Crippen LogP contribution in [0.15, 0.2) is 0 Å². The van der Waals surface area contributed by atoms with E-state index in [0.29, 0.717) is 25.6 Å². The number of urea groups is 1. The van der Waals surface area contributed by atoms with E-state index in [1.54, 1.807) is 0 Å². The van der Waals surface area contributed by atoms with Crippen molar-refractivity contribution in [2.24, 2.45) is 11.8 Å². The average Bonchev–Trinajstić information content (AvgIpc) is 2.78. The number of piperidine rings is 1. The summed E-state index contributed by atoms with van der Waals surface area (Å²) in [6.45, 7) is 10.2. The summed E-state index contributed by atoms with van der Waals surface area (Å²) in [7, 11) is 0. The third kappa shape index (κ3) is 4.71. The summed E-state index contributed by atoms with van der Waals surface area (Å²) >= 11 is 0. The van der Waals surface area contributed by atoms with Gasteiger partial charge < -0.3 is 15.0 Å². The minimum Gasteiger partial charge on any atom is -0.466 e. The highest BCUT2D eigenvalue weighted by atomic mass is 16.5. The Morgan fingerprint density at radius 3 is 2.56 bits per heavy atom. The number of likely N-dealkylation sites (tertiary alicyclic amines) is 1. The van der Waals surface area contributed by atoms with Crippen LogP contribution in [-0.2, 0) is 14.3 Å². The van der Waals surface area contributed by atoms with Crippen LogP contribution >= 0.6 is 0 Å². The molecule has 7 nitrogen and oxygen atoms in total. The van der Waals surface area contributed by atoms with E-state index in [2.05, 4.69) is 19.2 Å². The average molecular weight is 354 g/mol. The van der Waals surface area contributed by atoms with Crippen molar-refractivity contribution < 1.29 is 24.0 Å². The SMILES string of the molecule is CCOC(=O)C1CC[NH+](CN2C(=O)N[C@@](C)(CCC(C)C)C2=O)CC1. The fourth-order valence-electron chi connectivity index (χ4n) is 3.54. The van der Waals surface area contributed by atoms with Crippen molar-refractivity contribution in [3.8, 4) is 0 Å². The van der Waals surface area contributed by atoms with Crippen molar-refractivity contribution in [3.63, 3.8) is 0 Å². The molecule has 1 atom stereocenters. The predicted molar refractivity (Wildman–Crippen MR) is 92.8 cm³/mol. The second-order valence-corrected chi connectivity index (χ2v) is 7.86. The summed E-state index contributed by atoms with van der Waals surface area (Å²) in [6, 6.07) is -0.295. The number of ether oxygens (including phenoxy) is 1. The quantitative estimate of drug-likeness (QED) is 0.517. The van der Waals surface area contributed by atoms with E-state index < -0.39 is 5.54 Å². The molecule has 2 aliphatic rings. The number of hydrogen-bond donors (Lipinski definition) is 2. The van der Waals surface area contributed by atoms with E-state index in [4.69, 9.17) is 4.74 Å². The number of nitrogens with zero attached hydrogens (tertiary/aromatic N) is 1. The first-order valence-electron chi connectivity index (χ1n) is 9.41. The van der Waals surface area contributed by atoms with Gasteiger partial charge in [-0.25, -0.2) is 9.69 Å². The first-order valence-corrected chi connectivity index (χ1v) is 9.41. The molecule has 2 rings (SSSR count). The lowest BCUT2D eigenvalue weighted by Crippen LogP contribution is -3.14. The fourth-order valence-corrected chi connectivity index (χ4v) is 3.54. The van der Waals surface area contributed by atoms with E-state index in [-0.39, 0.29) is 23.8 Å². The molecule has 0 unspecified atom stereocenters. The van der Waals surface area contributed by atoms with Crippen molar-refractivity contribution in [3.05, 3.63) is 0 Å². The van der Waals surface area contributed by atoms with Crippen molar-refractivity contribution in [2.75, 3.05) is 26.4 Å². The number of amides is 3. The minimum absolute atomic E-state index is 0.0527. The summed E-state index contributed by atoms with van der Waals surface area (Å²) < 4.78 is 5.08. The number of carbonyl (C=O) groups excluding carboxylic acids is 3. The molecule has 0 saturated carbocycles. The van der Waals surface area contributed by atoms with Gasteiger partial charge in [-0.1, -0.05) is 13.8 Å². The van der Waals surface area contributed by atoms with Gasteiger partial charge in [-0.3, -0.25) is 9.59 Å². The van der Waals surface area contributed by atoms with Crippen molar-refractivity contribution in [1.29, 1.82) is 0 Å². The molecule has 2 saturated heterocycles. The summed E-state index contributed by atoms with van der Waals surface area (Å²) in [6.07, 6.45) is 3.03. The molecular weight excluding hydrogens is 322 g/mol. The Hall–Kier alpha value is -1.63. The number of hydrogen-bond acceptors (Lipinski definition) is 4. The number of carbonyl (C=O) groups is 3. The van der Waals surface area contributed by atoms with Gasteiger partial charge in [0.05, 0.1) is 25.6 Å². The van der Waals surface area contributed by atoms with Crippen LogP contribution in [0.3, 0.4) is 0 Å². The molecular formula is C18H32N3O4+. The number of quaternary nitrogens is 1. The van der Waals surface area contributed by atoms with E-state index in [0.717, 1.165) is 37.3 Å². The molecule has 0 aromatic carbocycles. The Morgan fingerprint density at radius 1 is 1.36 bits per heavy atom. The molecule has 2 aliphatic heterocycles. The zero-order chi connectivity index (χ0) is 18.6. The molecule has 0 aromatic rings. The third-order valence-corrected chi connectivity index (χ3v) is 5.26. The highest BCUT2D eigenvalue weighted by molar-refractivity contribution is 6.06. The van der Waals surface area contributed by atoms with Crippen molar-refractivity contribution >= 4 is 17.9 Å². The molecule has 0 bridgehead atoms. The van der Waals surface area contributed by atoms with Gasteiger partial charge in [0.2, 0.25) is 0 Å². The van der Waals surface area contributed by atoms with Crippen LogP contribution in [0.5, 0.6) is 0 Å². The second kappa shape index (κ2) is 8.17. The first-order chi connectivity index (χ1) is 11.8.